The van der Waals surface area contributed by atoms with Gasteiger partial charge < -0.3 is 9.73 Å². The summed E-state index contributed by atoms with van der Waals surface area (Å²) in [4.78, 5) is 11.8. The molecule has 0 atom stereocenters. The zero-order valence-corrected chi connectivity index (χ0v) is 9.72. The Morgan fingerprint density at radius 3 is 2.82 bits per heavy atom. The summed E-state index contributed by atoms with van der Waals surface area (Å²) in [7, 11) is 0. The van der Waals surface area contributed by atoms with Crippen molar-refractivity contribution in [2.75, 3.05) is 5.32 Å². The standard InChI is InChI=1S/C12H9ClFNO2/c1-7-8(5-6-17-7)12(16)15-10-4-2-3-9(13)11(10)14/h2-6H,1H3,(H,15,16). The summed E-state index contributed by atoms with van der Waals surface area (Å²) in [5.41, 5.74) is 0.410. The van der Waals surface area contributed by atoms with Gasteiger partial charge in [0.2, 0.25) is 0 Å². The predicted octanol–water partition coefficient (Wildman–Crippen LogP) is 3.63. The van der Waals surface area contributed by atoms with Crippen LogP contribution in [0, 0.1) is 12.7 Å². The number of hydrogen-bond donors (Lipinski definition) is 1. The molecule has 2 rings (SSSR count). The second-order valence-electron chi connectivity index (χ2n) is 3.45. The molecule has 1 aromatic heterocycles. The van der Waals surface area contributed by atoms with Gasteiger partial charge in [0.15, 0.2) is 5.82 Å². The summed E-state index contributed by atoms with van der Waals surface area (Å²) in [5.74, 6) is -0.606. The number of furan rings is 1. The Morgan fingerprint density at radius 2 is 2.18 bits per heavy atom. The molecular formula is C12H9ClFNO2. The molecule has 1 heterocycles. The quantitative estimate of drug-likeness (QED) is 0.888. The summed E-state index contributed by atoms with van der Waals surface area (Å²) in [6, 6.07) is 5.93. The van der Waals surface area contributed by atoms with Gasteiger partial charge in [-0.2, -0.15) is 0 Å². The van der Waals surface area contributed by atoms with E-state index in [2.05, 4.69) is 5.32 Å². The van der Waals surface area contributed by atoms with E-state index in [1.54, 1.807) is 13.0 Å². The van der Waals surface area contributed by atoms with Gasteiger partial charge >= 0.3 is 0 Å². The molecule has 88 valence electrons. The minimum atomic E-state index is -0.649. The highest BCUT2D eigenvalue weighted by molar-refractivity contribution is 6.31. The minimum Gasteiger partial charge on any atom is -0.469 e. The van der Waals surface area contributed by atoms with Crippen LogP contribution in [0.2, 0.25) is 5.02 Å². The Kier molecular flexibility index (Phi) is 3.15. The van der Waals surface area contributed by atoms with Crippen LogP contribution < -0.4 is 5.32 Å². The summed E-state index contributed by atoms with van der Waals surface area (Å²) >= 11 is 5.61. The lowest BCUT2D eigenvalue weighted by atomic mass is 10.2. The van der Waals surface area contributed by atoms with Crippen LogP contribution in [0.25, 0.3) is 0 Å². The first kappa shape index (κ1) is 11.7. The fourth-order valence-electron chi connectivity index (χ4n) is 1.41. The van der Waals surface area contributed by atoms with Gasteiger partial charge in [0.1, 0.15) is 5.76 Å². The monoisotopic (exact) mass is 253 g/mol. The molecule has 17 heavy (non-hydrogen) atoms. The lowest BCUT2D eigenvalue weighted by Crippen LogP contribution is -2.13. The van der Waals surface area contributed by atoms with Crippen LogP contribution in [0.4, 0.5) is 10.1 Å². The molecule has 0 bridgehead atoms. The second kappa shape index (κ2) is 4.59. The molecule has 0 fully saturated rings. The van der Waals surface area contributed by atoms with E-state index in [-0.39, 0.29) is 10.7 Å². The van der Waals surface area contributed by atoms with E-state index >= 15 is 0 Å². The van der Waals surface area contributed by atoms with E-state index in [1.165, 1.54) is 24.5 Å². The topological polar surface area (TPSA) is 42.2 Å². The molecule has 0 aliphatic heterocycles. The molecule has 1 amide bonds. The van der Waals surface area contributed by atoms with Crippen molar-refractivity contribution in [3.8, 4) is 0 Å². The fourth-order valence-corrected chi connectivity index (χ4v) is 1.59. The molecule has 0 saturated carbocycles. The lowest BCUT2D eigenvalue weighted by molar-refractivity contribution is 0.102. The molecule has 0 unspecified atom stereocenters. The number of rotatable bonds is 2. The van der Waals surface area contributed by atoms with Crippen LogP contribution in [-0.4, -0.2) is 5.91 Å². The third-order valence-corrected chi connectivity index (χ3v) is 2.60. The highest BCUT2D eigenvalue weighted by Gasteiger charge is 2.14. The lowest BCUT2D eigenvalue weighted by Gasteiger charge is -2.06. The maximum Gasteiger partial charge on any atom is 0.259 e. The van der Waals surface area contributed by atoms with E-state index in [0.717, 1.165) is 0 Å². The van der Waals surface area contributed by atoms with Gasteiger partial charge in [0.25, 0.3) is 5.91 Å². The largest absolute Gasteiger partial charge is 0.469 e. The van der Waals surface area contributed by atoms with Crippen molar-refractivity contribution >= 4 is 23.2 Å². The Bertz CT molecular complexity index is 565. The number of hydrogen-bond acceptors (Lipinski definition) is 2. The Hall–Kier alpha value is -1.81. The number of anilines is 1. The summed E-state index contributed by atoms with van der Waals surface area (Å²) < 4.78 is 18.5. The van der Waals surface area contributed by atoms with Crippen molar-refractivity contribution in [3.05, 3.63) is 52.7 Å². The molecule has 5 heteroatoms. The maximum absolute atomic E-state index is 13.5. The van der Waals surface area contributed by atoms with Gasteiger partial charge in [-0.25, -0.2) is 4.39 Å². The molecular weight excluding hydrogens is 245 g/mol. The minimum absolute atomic E-state index is 0.0354. The molecule has 0 spiro atoms. The van der Waals surface area contributed by atoms with Gasteiger partial charge in [-0.1, -0.05) is 17.7 Å². The summed E-state index contributed by atoms with van der Waals surface area (Å²) in [6.07, 6.45) is 1.40. The van der Waals surface area contributed by atoms with E-state index in [1.807, 2.05) is 0 Å². The highest BCUT2D eigenvalue weighted by Crippen LogP contribution is 2.23. The van der Waals surface area contributed by atoms with Crippen molar-refractivity contribution in [2.24, 2.45) is 0 Å². The zero-order valence-electron chi connectivity index (χ0n) is 8.96. The molecule has 0 aliphatic carbocycles. The predicted molar refractivity (Wildman–Crippen MR) is 62.8 cm³/mol. The Labute approximate surface area is 102 Å². The first-order chi connectivity index (χ1) is 8.09. The number of nitrogens with one attached hydrogen (secondary N) is 1. The first-order valence-corrected chi connectivity index (χ1v) is 5.27. The van der Waals surface area contributed by atoms with Crippen molar-refractivity contribution in [2.45, 2.75) is 6.92 Å². The van der Waals surface area contributed by atoms with E-state index in [4.69, 9.17) is 16.0 Å². The van der Waals surface area contributed by atoms with Gasteiger partial charge in [-0.3, -0.25) is 4.79 Å². The molecule has 1 N–H and O–H groups in total. The molecule has 0 aliphatic rings. The zero-order chi connectivity index (χ0) is 12.4. The molecule has 3 nitrogen and oxygen atoms in total. The first-order valence-electron chi connectivity index (χ1n) is 4.89. The van der Waals surface area contributed by atoms with Crippen molar-refractivity contribution in [3.63, 3.8) is 0 Å². The molecule has 2 aromatic rings. The van der Waals surface area contributed by atoms with Crippen molar-refractivity contribution in [1.82, 2.24) is 0 Å². The normalized spacial score (nSPS) is 10.3. The second-order valence-corrected chi connectivity index (χ2v) is 3.85. The smallest absolute Gasteiger partial charge is 0.259 e. The molecule has 0 saturated heterocycles. The maximum atomic E-state index is 13.5. The van der Waals surface area contributed by atoms with E-state index < -0.39 is 11.7 Å². The van der Waals surface area contributed by atoms with E-state index in [9.17, 15) is 9.18 Å². The Morgan fingerprint density at radius 1 is 1.41 bits per heavy atom. The number of benzene rings is 1. The third kappa shape index (κ3) is 2.31. The van der Waals surface area contributed by atoms with Crippen LogP contribution in [0.15, 0.2) is 34.9 Å². The summed E-state index contributed by atoms with van der Waals surface area (Å²) in [5, 5.41) is 2.40. The molecule has 1 aromatic carbocycles. The van der Waals surface area contributed by atoms with Gasteiger partial charge in [0, 0.05) is 0 Å². The van der Waals surface area contributed by atoms with Gasteiger partial charge in [-0.05, 0) is 25.1 Å². The van der Waals surface area contributed by atoms with Crippen LogP contribution in [0.5, 0.6) is 0 Å². The fraction of sp³-hybridized carbons (Fsp3) is 0.0833. The van der Waals surface area contributed by atoms with Gasteiger partial charge in [0.05, 0.1) is 22.5 Å². The van der Waals surface area contributed by atoms with Gasteiger partial charge in [-0.15, -0.1) is 0 Å². The number of carbonyl (C=O) groups is 1. The number of amides is 1. The number of carbonyl (C=O) groups excluding carboxylic acids is 1. The average molecular weight is 254 g/mol. The number of aryl methyl sites for hydroxylation is 1. The highest BCUT2D eigenvalue weighted by atomic mass is 35.5. The van der Waals surface area contributed by atoms with Crippen molar-refractivity contribution < 1.29 is 13.6 Å². The van der Waals surface area contributed by atoms with Crippen LogP contribution >= 0.6 is 11.6 Å². The van der Waals surface area contributed by atoms with Crippen LogP contribution in [0.3, 0.4) is 0 Å². The average Bonchev–Trinajstić information content (AvgIpc) is 2.71. The number of halogens is 2. The Balaban J connectivity index is 2.25. The van der Waals surface area contributed by atoms with Crippen molar-refractivity contribution in [1.29, 1.82) is 0 Å². The van der Waals surface area contributed by atoms with E-state index in [0.29, 0.717) is 11.3 Å². The van der Waals surface area contributed by atoms with Crippen LogP contribution in [0.1, 0.15) is 16.1 Å². The third-order valence-electron chi connectivity index (χ3n) is 2.30. The summed E-state index contributed by atoms with van der Waals surface area (Å²) in [6.45, 7) is 1.66. The SMILES string of the molecule is Cc1occc1C(=O)Nc1cccc(Cl)c1F. The van der Waals surface area contributed by atoms with Crippen LogP contribution in [-0.2, 0) is 0 Å². The molecule has 0 radical (unpaired) electrons.